The van der Waals surface area contributed by atoms with Gasteiger partial charge < -0.3 is 4.74 Å². The van der Waals surface area contributed by atoms with Crippen LogP contribution in [0.2, 0.25) is 5.02 Å². The highest BCUT2D eigenvalue weighted by Gasteiger charge is 2.08. The monoisotopic (exact) mass is 251 g/mol. The minimum atomic E-state index is -0.563. The summed E-state index contributed by atoms with van der Waals surface area (Å²) in [7, 11) is 0. The van der Waals surface area contributed by atoms with Crippen LogP contribution in [0.15, 0.2) is 30.3 Å². The summed E-state index contributed by atoms with van der Waals surface area (Å²) in [4.78, 5) is 3.65. The Hall–Kier alpha value is -1.61. The first-order valence-corrected chi connectivity index (χ1v) is 5.51. The average Bonchev–Trinajstić information content (AvgIpc) is 2.23. The lowest BCUT2D eigenvalue weighted by molar-refractivity contribution is 0.439. The second-order valence-corrected chi connectivity index (χ2v) is 4.21. The van der Waals surface area contributed by atoms with Crippen LogP contribution in [-0.2, 0) is 0 Å². The van der Waals surface area contributed by atoms with Crippen molar-refractivity contribution in [2.45, 2.75) is 13.8 Å². The molecule has 0 saturated carbocycles. The number of aryl methyl sites for hydroxylation is 2. The van der Waals surface area contributed by atoms with Crippen LogP contribution in [0.1, 0.15) is 11.1 Å². The van der Waals surface area contributed by atoms with E-state index in [1.165, 1.54) is 6.07 Å². The van der Waals surface area contributed by atoms with E-state index in [-0.39, 0.29) is 5.88 Å². The smallest absolute Gasteiger partial charge is 0.221 e. The predicted molar refractivity (Wildman–Crippen MR) is 65.2 cm³/mol. The van der Waals surface area contributed by atoms with Gasteiger partial charge >= 0.3 is 0 Å². The van der Waals surface area contributed by atoms with Gasteiger partial charge in [0.15, 0.2) is 0 Å². The van der Waals surface area contributed by atoms with E-state index >= 15 is 0 Å². The van der Waals surface area contributed by atoms with E-state index in [0.29, 0.717) is 10.8 Å². The average molecular weight is 252 g/mol. The Morgan fingerprint density at radius 1 is 1.18 bits per heavy atom. The highest BCUT2D eigenvalue weighted by molar-refractivity contribution is 6.30. The molecule has 2 nitrogen and oxygen atoms in total. The molecule has 2 rings (SSSR count). The van der Waals surface area contributed by atoms with E-state index in [4.69, 9.17) is 16.3 Å². The third-order valence-corrected chi connectivity index (χ3v) is 2.54. The molecule has 0 aliphatic rings. The molecule has 0 spiro atoms. The summed E-state index contributed by atoms with van der Waals surface area (Å²) in [5.74, 6) is 0.331. The molecule has 88 valence electrons. The molecule has 4 heteroatoms. The van der Waals surface area contributed by atoms with Gasteiger partial charge in [-0.15, -0.1) is 0 Å². The topological polar surface area (TPSA) is 22.1 Å². The highest BCUT2D eigenvalue weighted by Crippen LogP contribution is 2.30. The summed E-state index contributed by atoms with van der Waals surface area (Å²) < 4.78 is 18.5. The number of aromatic nitrogens is 1. The van der Waals surface area contributed by atoms with E-state index < -0.39 is 5.95 Å². The molecule has 0 N–H and O–H groups in total. The molecule has 0 fully saturated rings. The number of rotatable bonds is 2. The van der Waals surface area contributed by atoms with Crippen LogP contribution in [-0.4, -0.2) is 4.98 Å². The number of hydrogen-bond acceptors (Lipinski definition) is 2. The zero-order valence-corrected chi connectivity index (χ0v) is 10.3. The van der Waals surface area contributed by atoms with Gasteiger partial charge in [0.1, 0.15) is 5.75 Å². The maximum Gasteiger partial charge on any atom is 0.221 e. The quantitative estimate of drug-likeness (QED) is 0.743. The number of halogens is 2. The zero-order valence-electron chi connectivity index (χ0n) is 9.50. The van der Waals surface area contributed by atoms with Gasteiger partial charge in [0.25, 0.3) is 0 Å². The second kappa shape index (κ2) is 4.72. The Morgan fingerprint density at radius 2 is 1.82 bits per heavy atom. The van der Waals surface area contributed by atoms with Gasteiger partial charge in [-0.05, 0) is 43.2 Å². The normalized spacial score (nSPS) is 10.4. The molecule has 0 amide bonds. The Morgan fingerprint density at radius 3 is 2.41 bits per heavy atom. The molecular weight excluding hydrogens is 241 g/mol. The Kier molecular flexibility index (Phi) is 3.29. The lowest BCUT2D eigenvalue weighted by Gasteiger charge is -2.11. The molecule has 0 aliphatic heterocycles. The maximum atomic E-state index is 12.9. The van der Waals surface area contributed by atoms with Crippen molar-refractivity contribution in [3.8, 4) is 11.6 Å². The maximum absolute atomic E-state index is 12.9. The number of benzene rings is 1. The van der Waals surface area contributed by atoms with Gasteiger partial charge in [0.2, 0.25) is 11.8 Å². The van der Waals surface area contributed by atoms with Crippen molar-refractivity contribution >= 4 is 11.6 Å². The first-order chi connectivity index (χ1) is 8.06. The molecule has 0 bridgehead atoms. The van der Waals surface area contributed by atoms with Crippen LogP contribution in [0.25, 0.3) is 0 Å². The molecule has 1 heterocycles. The van der Waals surface area contributed by atoms with Crippen LogP contribution >= 0.6 is 11.6 Å². The van der Waals surface area contributed by atoms with Crippen molar-refractivity contribution in [3.05, 3.63) is 52.4 Å². The van der Waals surface area contributed by atoms with Gasteiger partial charge in [-0.2, -0.15) is 9.37 Å². The van der Waals surface area contributed by atoms with Crippen molar-refractivity contribution in [2.75, 3.05) is 0 Å². The second-order valence-electron chi connectivity index (χ2n) is 3.77. The van der Waals surface area contributed by atoms with Gasteiger partial charge in [-0.3, -0.25) is 0 Å². The standard InChI is InChI=1S/C13H11ClFNO/c1-8-6-10(14)7-9(2)13(8)17-12-5-3-4-11(15)16-12/h3-7H,1-2H3. The zero-order chi connectivity index (χ0) is 12.4. The molecule has 0 radical (unpaired) electrons. The number of hydrogen-bond donors (Lipinski definition) is 0. The van der Waals surface area contributed by atoms with Crippen LogP contribution in [0.3, 0.4) is 0 Å². The molecule has 2 aromatic rings. The van der Waals surface area contributed by atoms with Crippen molar-refractivity contribution in [2.24, 2.45) is 0 Å². The van der Waals surface area contributed by atoms with E-state index in [1.54, 1.807) is 24.3 Å². The fourth-order valence-electron chi connectivity index (χ4n) is 1.61. The molecule has 17 heavy (non-hydrogen) atoms. The summed E-state index contributed by atoms with van der Waals surface area (Å²) in [6.07, 6.45) is 0. The Bertz CT molecular complexity index is 534. The van der Waals surface area contributed by atoms with Crippen molar-refractivity contribution in [1.82, 2.24) is 4.98 Å². The first kappa shape index (κ1) is 11.9. The largest absolute Gasteiger partial charge is 0.438 e. The first-order valence-electron chi connectivity index (χ1n) is 5.13. The highest BCUT2D eigenvalue weighted by atomic mass is 35.5. The lowest BCUT2D eigenvalue weighted by Crippen LogP contribution is -1.94. The summed E-state index contributed by atoms with van der Waals surface area (Å²) >= 11 is 5.92. The van der Waals surface area contributed by atoms with E-state index in [0.717, 1.165) is 11.1 Å². The van der Waals surface area contributed by atoms with Gasteiger partial charge in [-0.25, -0.2) is 0 Å². The van der Waals surface area contributed by atoms with Crippen molar-refractivity contribution in [3.63, 3.8) is 0 Å². The molecule has 0 saturated heterocycles. The minimum Gasteiger partial charge on any atom is -0.438 e. The predicted octanol–water partition coefficient (Wildman–Crippen LogP) is 4.28. The van der Waals surface area contributed by atoms with Crippen LogP contribution in [0, 0.1) is 19.8 Å². The van der Waals surface area contributed by atoms with Crippen LogP contribution < -0.4 is 4.74 Å². The van der Waals surface area contributed by atoms with Gasteiger partial charge in [0, 0.05) is 11.1 Å². The summed E-state index contributed by atoms with van der Waals surface area (Å²) in [6, 6.07) is 8.02. The van der Waals surface area contributed by atoms with E-state index in [1.807, 2.05) is 13.8 Å². The van der Waals surface area contributed by atoms with Crippen molar-refractivity contribution < 1.29 is 9.13 Å². The summed E-state index contributed by atoms with van der Waals surface area (Å²) in [5, 5.41) is 0.652. The Balaban J connectivity index is 2.36. The molecule has 1 aromatic carbocycles. The third kappa shape index (κ3) is 2.74. The number of nitrogens with zero attached hydrogens (tertiary/aromatic N) is 1. The van der Waals surface area contributed by atoms with E-state index in [2.05, 4.69) is 4.98 Å². The lowest BCUT2D eigenvalue weighted by atomic mass is 10.1. The SMILES string of the molecule is Cc1cc(Cl)cc(C)c1Oc1cccc(F)n1. The minimum absolute atomic E-state index is 0.235. The van der Waals surface area contributed by atoms with Gasteiger partial charge in [-0.1, -0.05) is 17.7 Å². The molecular formula is C13H11ClFNO. The van der Waals surface area contributed by atoms with E-state index in [9.17, 15) is 4.39 Å². The molecule has 1 aromatic heterocycles. The fourth-order valence-corrected chi connectivity index (χ4v) is 1.94. The van der Waals surface area contributed by atoms with Crippen molar-refractivity contribution in [1.29, 1.82) is 0 Å². The summed E-state index contributed by atoms with van der Waals surface area (Å²) in [5.41, 5.74) is 1.78. The molecule has 0 aliphatic carbocycles. The fraction of sp³-hybridized carbons (Fsp3) is 0.154. The number of ether oxygens (including phenoxy) is 1. The van der Waals surface area contributed by atoms with Crippen LogP contribution in [0.4, 0.5) is 4.39 Å². The third-order valence-electron chi connectivity index (χ3n) is 2.32. The Labute approximate surface area is 104 Å². The van der Waals surface area contributed by atoms with Gasteiger partial charge in [0.05, 0.1) is 0 Å². The molecule has 0 atom stereocenters. The molecule has 0 unspecified atom stereocenters. The summed E-state index contributed by atoms with van der Waals surface area (Å²) in [6.45, 7) is 3.76. The number of pyridine rings is 1. The van der Waals surface area contributed by atoms with Crippen LogP contribution in [0.5, 0.6) is 11.6 Å².